The van der Waals surface area contributed by atoms with Crippen molar-refractivity contribution < 1.29 is 5.11 Å². The van der Waals surface area contributed by atoms with E-state index < -0.39 is 0 Å². The molecule has 16 heavy (non-hydrogen) atoms. The summed E-state index contributed by atoms with van der Waals surface area (Å²) in [4.78, 5) is 4.34. The molecule has 0 radical (unpaired) electrons. The fraction of sp³-hybridized carbons (Fsp3) is 0.308. The third-order valence-electron chi connectivity index (χ3n) is 2.59. The van der Waals surface area contributed by atoms with Crippen molar-refractivity contribution in [2.75, 3.05) is 11.9 Å². The molecule has 0 bridgehead atoms. The highest BCUT2D eigenvalue weighted by Crippen LogP contribution is 2.24. The molecule has 84 valence electrons. The third kappa shape index (κ3) is 1.99. The highest BCUT2D eigenvalue weighted by Gasteiger charge is 2.05. The number of benzene rings is 1. The lowest BCUT2D eigenvalue weighted by atomic mass is 10.1. The summed E-state index contributed by atoms with van der Waals surface area (Å²) in [6, 6.07) is 8.01. The van der Waals surface area contributed by atoms with Gasteiger partial charge in [0.25, 0.3) is 0 Å². The number of aliphatic hydroxyl groups is 1. The van der Waals surface area contributed by atoms with Crippen LogP contribution in [0.15, 0.2) is 30.5 Å². The lowest BCUT2D eigenvalue weighted by Crippen LogP contribution is -2.03. The van der Waals surface area contributed by atoms with E-state index in [0.29, 0.717) is 0 Å². The molecule has 0 atom stereocenters. The van der Waals surface area contributed by atoms with E-state index in [1.54, 1.807) is 6.20 Å². The third-order valence-corrected chi connectivity index (χ3v) is 2.59. The van der Waals surface area contributed by atoms with Crippen molar-refractivity contribution in [2.45, 2.75) is 20.0 Å². The Kier molecular flexibility index (Phi) is 3.37. The van der Waals surface area contributed by atoms with Crippen LogP contribution in [0.4, 0.5) is 5.82 Å². The van der Waals surface area contributed by atoms with Crippen LogP contribution in [-0.2, 0) is 6.61 Å². The number of anilines is 1. The Hall–Kier alpha value is -1.61. The first-order chi connectivity index (χ1) is 7.86. The van der Waals surface area contributed by atoms with Crippen LogP contribution in [0.25, 0.3) is 10.8 Å². The molecule has 0 aliphatic heterocycles. The zero-order valence-electron chi connectivity index (χ0n) is 9.40. The van der Waals surface area contributed by atoms with Crippen LogP contribution in [0.5, 0.6) is 0 Å². The fourth-order valence-electron chi connectivity index (χ4n) is 1.76. The van der Waals surface area contributed by atoms with Crippen molar-refractivity contribution in [1.29, 1.82) is 0 Å². The van der Waals surface area contributed by atoms with Gasteiger partial charge in [0.2, 0.25) is 0 Å². The number of nitrogens with one attached hydrogen (secondary N) is 1. The standard InChI is InChI=1S/C13H16N2O/c1-2-7-14-13-12-6-4-3-5-11(12)10(9-16)8-15-13/h3-6,8,16H,2,7,9H2,1H3,(H,14,15). The van der Waals surface area contributed by atoms with Crippen molar-refractivity contribution in [3.63, 3.8) is 0 Å². The van der Waals surface area contributed by atoms with E-state index >= 15 is 0 Å². The maximum absolute atomic E-state index is 9.24. The maximum Gasteiger partial charge on any atom is 0.133 e. The normalized spacial score (nSPS) is 10.6. The summed E-state index contributed by atoms with van der Waals surface area (Å²) in [5.41, 5.74) is 0.873. The van der Waals surface area contributed by atoms with Crippen LogP contribution in [0.1, 0.15) is 18.9 Å². The van der Waals surface area contributed by atoms with Crippen molar-refractivity contribution in [3.05, 3.63) is 36.0 Å². The van der Waals surface area contributed by atoms with E-state index in [0.717, 1.165) is 35.1 Å². The van der Waals surface area contributed by atoms with Gasteiger partial charge < -0.3 is 10.4 Å². The summed E-state index contributed by atoms with van der Waals surface area (Å²) in [7, 11) is 0. The first-order valence-corrected chi connectivity index (χ1v) is 5.58. The molecule has 0 spiro atoms. The molecule has 1 aromatic heterocycles. The Morgan fingerprint density at radius 3 is 2.69 bits per heavy atom. The fourth-order valence-corrected chi connectivity index (χ4v) is 1.76. The Labute approximate surface area is 95.1 Å². The summed E-state index contributed by atoms with van der Waals surface area (Å²) in [5, 5.41) is 14.7. The van der Waals surface area contributed by atoms with Gasteiger partial charge in [0.1, 0.15) is 5.82 Å². The molecule has 3 heteroatoms. The second-order valence-electron chi connectivity index (χ2n) is 3.76. The van der Waals surface area contributed by atoms with Gasteiger partial charge in [-0.2, -0.15) is 0 Å². The molecule has 2 aromatic rings. The molecule has 1 heterocycles. The number of hydrogen-bond donors (Lipinski definition) is 2. The zero-order valence-corrected chi connectivity index (χ0v) is 9.40. The van der Waals surface area contributed by atoms with Crippen LogP contribution in [-0.4, -0.2) is 16.6 Å². The van der Waals surface area contributed by atoms with E-state index in [4.69, 9.17) is 0 Å². The Morgan fingerprint density at radius 1 is 1.25 bits per heavy atom. The van der Waals surface area contributed by atoms with Crippen LogP contribution in [0.3, 0.4) is 0 Å². The maximum atomic E-state index is 9.24. The number of rotatable bonds is 4. The van der Waals surface area contributed by atoms with Gasteiger partial charge in [0.15, 0.2) is 0 Å². The van der Waals surface area contributed by atoms with Crippen molar-refractivity contribution in [1.82, 2.24) is 4.98 Å². The predicted octanol–water partition coefficient (Wildman–Crippen LogP) is 2.55. The molecule has 1 aromatic carbocycles. The van der Waals surface area contributed by atoms with Gasteiger partial charge in [0, 0.05) is 23.7 Å². The second-order valence-corrected chi connectivity index (χ2v) is 3.76. The summed E-state index contributed by atoms with van der Waals surface area (Å²) in [6.07, 6.45) is 2.80. The van der Waals surface area contributed by atoms with E-state index in [9.17, 15) is 5.11 Å². The van der Waals surface area contributed by atoms with E-state index in [1.165, 1.54) is 0 Å². The van der Waals surface area contributed by atoms with Crippen LogP contribution < -0.4 is 5.32 Å². The van der Waals surface area contributed by atoms with Gasteiger partial charge in [-0.3, -0.25) is 0 Å². The molecule has 0 unspecified atom stereocenters. The topological polar surface area (TPSA) is 45.2 Å². The molecule has 0 aliphatic carbocycles. The minimum atomic E-state index is 0.0293. The number of aromatic nitrogens is 1. The van der Waals surface area contributed by atoms with Crippen molar-refractivity contribution in [2.24, 2.45) is 0 Å². The monoisotopic (exact) mass is 216 g/mol. The summed E-state index contributed by atoms with van der Waals surface area (Å²) >= 11 is 0. The minimum absolute atomic E-state index is 0.0293. The molecule has 2 rings (SSSR count). The molecule has 0 fully saturated rings. The summed E-state index contributed by atoms with van der Waals surface area (Å²) in [6.45, 7) is 3.06. The van der Waals surface area contributed by atoms with E-state index in [2.05, 4.69) is 17.2 Å². The van der Waals surface area contributed by atoms with Crippen molar-refractivity contribution in [3.8, 4) is 0 Å². The smallest absolute Gasteiger partial charge is 0.133 e. The number of nitrogens with zero attached hydrogens (tertiary/aromatic N) is 1. The summed E-state index contributed by atoms with van der Waals surface area (Å²) in [5.74, 6) is 0.898. The van der Waals surface area contributed by atoms with Crippen LogP contribution in [0, 0.1) is 0 Å². The lowest BCUT2D eigenvalue weighted by Gasteiger charge is -2.10. The van der Waals surface area contributed by atoms with Gasteiger partial charge >= 0.3 is 0 Å². The Morgan fingerprint density at radius 2 is 2.00 bits per heavy atom. The second kappa shape index (κ2) is 4.94. The van der Waals surface area contributed by atoms with E-state index in [1.807, 2.05) is 24.3 Å². The largest absolute Gasteiger partial charge is 0.392 e. The highest BCUT2D eigenvalue weighted by atomic mass is 16.3. The van der Waals surface area contributed by atoms with Gasteiger partial charge in [0.05, 0.1) is 6.61 Å². The molecule has 2 N–H and O–H groups in total. The zero-order chi connectivity index (χ0) is 11.4. The first-order valence-electron chi connectivity index (χ1n) is 5.58. The van der Waals surface area contributed by atoms with Gasteiger partial charge in [-0.25, -0.2) is 4.98 Å². The van der Waals surface area contributed by atoms with E-state index in [-0.39, 0.29) is 6.61 Å². The molecule has 0 saturated carbocycles. The van der Waals surface area contributed by atoms with Crippen LogP contribution in [0.2, 0.25) is 0 Å². The average Bonchev–Trinajstić information content (AvgIpc) is 2.36. The van der Waals surface area contributed by atoms with Gasteiger partial charge in [-0.05, 0) is 11.8 Å². The number of hydrogen-bond acceptors (Lipinski definition) is 3. The lowest BCUT2D eigenvalue weighted by molar-refractivity contribution is 0.283. The summed E-state index contributed by atoms with van der Waals surface area (Å²) < 4.78 is 0. The number of fused-ring (bicyclic) bond motifs is 1. The SMILES string of the molecule is CCCNc1ncc(CO)c2ccccc12. The molecular weight excluding hydrogens is 200 g/mol. The molecule has 3 nitrogen and oxygen atoms in total. The highest BCUT2D eigenvalue weighted by molar-refractivity contribution is 5.93. The Balaban J connectivity index is 2.51. The first kappa shape index (κ1) is 10.9. The molecule has 0 amide bonds. The average molecular weight is 216 g/mol. The molecular formula is C13H16N2O. The van der Waals surface area contributed by atoms with Crippen molar-refractivity contribution >= 4 is 16.6 Å². The quantitative estimate of drug-likeness (QED) is 0.825. The minimum Gasteiger partial charge on any atom is -0.392 e. The van der Waals surface area contributed by atoms with Gasteiger partial charge in [-0.1, -0.05) is 31.2 Å². The Bertz CT molecular complexity index is 482. The predicted molar refractivity (Wildman–Crippen MR) is 66.4 cm³/mol. The number of aliphatic hydroxyl groups excluding tert-OH is 1. The van der Waals surface area contributed by atoms with Crippen LogP contribution >= 0.6 is 0 Å². The van der Waals surface area contributed by atoms with Gasteiger partial charge in [-0.15, -0.1) is 0 Å². The number of pyridine rings is 1. The molecule has 0 aliphatic rings. The molecule has 0 saturated heterocycles.